The van der Waals surface area contributed by atoms with E-state index in [1.54, 1.807) is 5.01 Å². The molecule has 0 radical (unpaired) electrons. The minimum atomic E-state index is 0.280. The lowest BCUT2D eigenvalue weighted by molar-refractivity contribution is 0.358. The summed E-state index contributed by atoms with van der Waals surface area (Å²) < 4.78 is 0. The smallest absolute Gasteiger partial charge is 0.0175 e. The third-order valence-corrected chi connectivity index (χ3v) is 3.15. The van der Waals surface area contributed by atoms with Crippen LogP contribution in [0.15, 0.2) is 24.6 Å². The fourth-order valence-corrected chi connectivity index (χ4v) is 2.04. The highest BCUT2D eigenvalue weighted by atomic mass is 15.4. The molecule has 1 aliphatic rings. The number of nitrogens with zero attached hydrogens (tertiary/aromatic N) is 1. The van der Waals surface area contributed by atoms with Crippen molar-refractivity contribution < 1.29 is 0 Å². The monoisotopic (exact) mass is 208 g/mol. The Morgan fingerprint density at radius 3 is 1.87 bits per heavy atom. The molecule has 2 N–H and O–H groups in total. The van der Waals surface area contributed by atoms with Gasteiger partial charge in [-0.3, -0.25) is 5.01 Å². The summed E-state index contributed by atoms with van der Waals surface area (Å²) in [7, 11) is 0. The van der Waals surface area contributed by atoms with Gasteiger partial charge >= 0.3 is 0 Å². The lowest BCUT2D eigenvalue weighted by Gasteiger charge is -2.31. The molecular weight excluding hydrogens is 184 g/mol. The second-order valence-electron chi connectivity index (χ2n) is 4.52. The Bertz CT molecular complexity index is 207. The van der Waals surface area contributed by atoms with Gasteiger partial charge in [0.25, 0.3) is 0 Å². The van der Waals surface area contributed by atoms with Crippen LogP contribution in [0.4, 0.5) is 0 Å². The Labute approximate surface area is 93.8 Å². The SMILES string of the molecule is CCCCC1(CCCC)C=CN(N)C=C1. The maximum Gasteiger partial charge on any atom is 0.0175 e. The van der Waals surface area contributed by atoms with Crippen molar-refractivity contribution in [2.75, 3.05) is 0 Å². The third kappa shape index (κ3) is 3.71. The Morgan fingerprint density at radius 2 is 1.47 bits per heavy atom. The van der Waals surface area contributed by atoms with Crippen LogP contribution in [0, 0.1) is 5.41 Å². The molecule has 1 heterocycles. The van der Waals surface area contributed by atoms with Crippen LogP contribution in [0.3, 0.4) is 0 Å². The van der Waals surface area contributed by atoms with Gasteiger partial charge in [-0.1, -0.05) is 51.7 Å². The van der Waals surface area contributed by atoms with Gasteiger partial charge in [-0.15, -0.1) is 0 Å². The molecule has 0 atom stereocenters. The molecule has 0 spiro atoms. The molecule has 0 saturated carbocycles. The highest BCUT2D eigenvalue weighted by Crippen LogP contribution is 2.36. The van der Waals surface area contributed by atoms with E-state index >= 15 is 0 Å². The first-order valence-corrected chi connectivity index (χ1v) is 6.14. The molecule has 2 nitrogen and oxygen atoms in total. The zero-order valence-electron chi connectivity index (χ0n) is 10.1. The Kier molecular flexibility index (Phi) is 4.89. The van der Waals surface area contributed by atoms with Crippen molar-refractivity contribution in [3.8, 4) is 0 Å². The van der Waals surface area contributed by atoms with Crippen LogP contribution < -0.4 is 5.84 Å². The predicted molar refractivity (Wildman–Crippen MR) is 65.8 cm³/mol. The molecule has 15 heavy (non-hydrogen) atoms. The lowest BCUT2D eigenvalue weighted by atomic mass is 9.77. The topological polar surface area (TPSA) is 29.3 Å². The summed E-state index contributed by atoms with van der Waals surface area (Å²) >= 11 is 0. The van der Waals surface area contributed by atoms with Gasteiger partial charge in [0.2, 0.25) is 0 Å². The number of nitrogens with two attached hydrogens (primary N) is 1. The first-order valence-electron chi connectivity index (χ1n) is 6.14. The molecule has 0 fully saturated rings. The fraction of sp³-hybridized carbons (Fsp3) is 0.692. The number of rotatable bonds is 6. The van der Waals surface area contributed by atoms with Crippen LogP contribution in [0.25, 0.3) is 0 Å². The average molecular weight is 208 g/mol. The quantitative estimate of drug-likeness (QED) is 0.676. The van der Waals surface area contributed by atoms with E-state index < -0.39 is 0 Å². The van der Waals surface area contributed by atoms with E-state index in [-0.39, 0.29) is 5.41 Å². The maximum absolute atomic E-state index is 5.67. The molecule has 86 valence electrons. The molecule has 2 heteroatoms. The van der Waals surface area contributed by atoms with Crippen LogP contribution >= 0.6 is 0 Å². The van der Waals surface area contributed by atoms with E-state index in [0.717, 1.165) is 0 Å². The minimum Gasteiger partial charge on any atom is -0.295 e. The second kappa shape index (κ2) is 5.96. The van der Waals surface area contributed by atoms with Crippen LogP contribution in [-0.4, -0.2) is 5.01 Å². The van der Waals surface area contributed by atoms with Crippen molar-refractivity contribution in [2.45, 2.75) is 52.4 Å². The summed E-state index contributed by atoms with van der Waals surface area (Å²) in [6.07, 6.45) is 16.2. The molecule has 0 amide bonds. The van der Waals surface area contributed by atoms with E-state index in [4.69, 9.17) is 5.84 Å². The standard InChI is InChI=1S/C13H24N2/c1-3-5-7-13(8-6-4-2)9-11-15(14)12-10-13/h9-12H,3-8,14H2,1-2H3. The van der Waals surface area contributed by atoms with E-state index in [0.29, 0.717) is 0 Å². The summed E-state index contributed by atoms with van der Waals surface area (Å²) in [5.41, 5.74) is 0.280. The number of allylic oxidation sites excluding steroid dienone is 2. The number of hydrogen-bond acceptors (Lipinski definition) is 2. The summed E-state index contributed by atoms with van der Waals surface area (Å²) in [5.74, 6) is 5.67. The van der Waals surface area contributed by atoms with Crippen molar-refractivity contribution >= 4 is 0 Å². The van der Waals surface area contributed by atoms with Crippen molar-refractivity contribution in [3.05, 3.63) is 24.6 Å². The predicted octanol–water partition coefficient (Wildman–Crippen LogP) is 3.57. The van der Waals surface area contributed by atoms with Crippen molar-refractivity contribution in [1.29, 1.82) is 0 Å². The van der Waals surface area contributed by atoms with Crippen LogP contribution in [-0.2, 0) is 0 Å². The zero-order valence-corrected chi connectivity index (χ0v) is 10.1. The Hall–Kier alpha value is -0.760. The first kappa shape index (κ1) is 12.3. The summed E-state index contributed by atoms with van der Waals surface area (Å²) in [6.45, 7) is 4.50. The van der Waals surface area contributed by atoms with Crippen molar-refractivity contribution in [1.82, 2.24) is 5.01 Å². The summed E-state index contributed by atoms with van der Waals surface area (Å²) in [6, 6.07) is 0. The molecule has 0 bridgehead atoms. The molecule has 0 aromatic rings. The molecule has 0 aliphatic carbocycles. The molecule has 0 saturated heterocycles. The molecule has 1 rings (SSSR count). The van der Waals surface area contributed by atoms with Gasteiger partial charge in [0.05, 0.1) is 0 Å². The minimum absolute atomic E-state index is 0.280. The molecule has 0 unspecified atom stereocenters. The summed E-state index contributed by atoms with van der Waals surface area (Å²) in [5, 5.41) is 1.64. The zero-order chi connectivity index (χ0) is 11.1. The largest absolute Gasteiger partial charge is 0.295 e. The molecular formula is C13H24N2. The van der Waals surface area contributed by atoms with Gasteiger partial charge in [-0.2, -0.15) is 0 Å². The lowest BCUT2D eigenvalue weighted by Crippen LogP contribution is -2.26. The van der Waals surface area contributed by atoms with Gasteiger partial charge in [0.1, 0.15) is 0 Å². The van der Waals surface area contributed by atoms with Crippen molar-refractivity contribution in [3.63, 3.8) is 0 Å². The summed E-state index contributed by atoms with van der Waals surface area (Å²) in [4.78, 5) is 0. The van der Waals surface area contributed by atoms with E-state index in [1.807, 2.05) is 12.4 Å². The van der Waals surface area contributed by atoms with E-state index in [2.05, 4.69) is 26.0 Å². The Morgan fingerprint density at radius 1 is 1.00 bits per heavy atom. The number of unbranched alkanes of at least 4 members (excludes halogenated alkanes) is 2. The van der Waals surface area contributed by atoms with Crippen LogP contribution in [0.1, 0.15) is 52.4 Å². The fourth-order valence-electron chi connectivity index (χ4n) is 2.04. The van der Waals surface area contributed by atoms with Crippen LogP contribution in [0.2, 0.25) is 0 Å². The van der Waals surface area contributed by atoms with E-state index in [1.165, 1.54) is 38.5 Å². The van der Waals surface area contributed by atoms with Gasteiger partial charge in [0, 0.05) is 17.8 Å². The van der Waals surface area contributed by atoms with Gasteiger partial charge in [0.15, 0.2) is 0 Å². The first-order chi connectivity index (χ1) is 7.22. The number of hydrogen-bond donors (Lipinski definition) is 1. The van der Waals surface area contributed by atoms with Crippen LogP contribution in [0.5, 0.6) is 0 Å². The second-order valence-corrected chi connectivity index (χ2v) is 4.52. The van der Waals surface area contributed by atoms with E-state index in [9.17, 15) is 0 Å². The van der Waals surface area contributed by atoms with Crippen molar-refractivity contribution in [2.24, 2.45) is 11.3 Å². The highest BCUT2D eigenvalue weighted by molar-refractivity contribution is 5.15. The van der Waals surface area contributed by atoms with Gasteiger partial charge < -0.3 is 0 Å². The third-order valence-electron chi connectivity index (χ3n) is 3.15. The highest BCUT2D eigenvalue weighted by Gasteiger charge is 2.24. The molecule has 0 aromatic carbocycles. The van der Waals surface area contributed by atoms with Gasteiger partial charge in [-0.25, -0.2) is 5.84 Å². The normalized spacial score (nSPS) is 18.5. The Balaban J connectivity index is 2.60. The molecule has 0 aromatic heterocycles. The van der Waals surface area contributed by atoms with Gasteiger partial charge in [-0.05, 0) is 12.8 Å². The number of hydrazine groups is 1. The maximum atomic E-state index is 5.67. The molecule has 1 aliphatic heterocycles. The average Bonchev–Trinajstić information content (AvgIpc) is 2.27.